The topological polar surface area (TPSA) is 97.6 Å². The SMILES string of the molecule is Cc1cc(C2=NOC(c3cc(C(F)(F)F)nn3C)(C(F)(F)F)C2)ccc1NC(=O)CC(=O)NCC(F)(F)F. The van der Waals surface area contributed by atoms with Crippen molar-refractivity contribution >= 4 is 23.2 Å². The summed E-state index contributed by atoms with van der Waals surface area (Å²) < 4.78 is 118. The van der Waals surface area contributed by atoms with Gasteiger partial charge >= 0.3 is 18.5 Å². The first-order valence-electron chi connectivity index (χ1n) is 10.5. The number of halogens is 9. The number of carbonyl (C=O) groups is 2. The van der Waals surface area contributed by atoms with Crippen LogP contribution in [0.25, 0.3) is 0 Å². The van der Waals surface area contributed by atoms with E-state index >= 15 is 0 Å². The lowest BCUT2D eigenvalue weighted by Gasteiger charge is -2.28. The van der Waals surface area contributed by atoms with Gasteiger partial charge in [0, 0.05) is 12.7 Å². The molecule has 8 nitrogen and oxygen atoms in total. The Morgan fingerprint density at radius 2 is 1.71 bits per heavy atom. The predicted octanol–water partition coefficient (Wildman–Crippen LogP) is 4.34. The molecule has 0 saturated carbocycles. The minimum absolute atomic E-state index is 0.0905. The van der Waals surface area contributed by atoms with Crippen LogP contribution >= 0.6 is 0 Å². The van der Waals surface area contributed by atoms with Gasteiger partial charge in [-0.1, -0.05) is 11.2 Å². The van der Waals surface area contributed by atoms with Crippen molar-refractivity contribution < 1.29 is 53.9 Å². The summed E-state index contributed by atoms with van der Waals surface area (Å²) >= 11 is 0. The zero-order valence-corrected chi connectivity index (χ0v) is 19.4. The minimum atomic E-state index is -5.19. The fourth-order valence-electron chi connectivity index (χ4n) is 3.59. The third kappa shape index (κ3) is 6.19. The summed E-state index contributed by atoms with van der Waals surface area (Å²) in [4.78, 5) is 28.2. The number of aryl methyl sites for hydroxylation is 2. The molecule has 1 aromatic carbocycles. The van der Waals surface area contributed by atoms with Gasteiger partial charge in [0.25, 0.3) is 5.60 Å². The highest BCUT2D eigenvalue weighted by atomic mass is 19.4. The van der Waals surface area contributed by atoms with E-state index in [9.17, 15) is 49.1 Å². The van der Waals surface area contributed by atoms with E-state index in [-0.39, 0.29) is 28.6 Å². The normalized spacial score (nSPS) is 18.1. The number of hydrogen-bond acceptors (Lipinski definition) is 5. The first-order valence-corrected chi connectivity index (χ1v) is 10.5. The molecular weight excluding hydrogens is 541 g/mol. The highest BCUT2D eigenvalue weighted by molar-refractivity contribution is 6.05. The Labute approximate surface area is 207 Å². The van der Waals surface area contributed by atoms with Gasteiger partial charge in [-0.15, -0.1) is 0 Å². The number of amides is 2. The number of nitrogens with zero attached hydrogens (tertiary/aromatic N) is 3. The van der Waals surface area contributed by atoms with Crippen LogP contribution in [0.4, 0.5) is 45.2 Å². The molecule has 17 heteroatoms. The largest absolute Gasteiger partial charge is 0.437 e. The monoisotopic (exact) mass is 559 g/mol. The molecule has 0 spiro atoms. The number of nitrogens with one attached hydrogen (secondary N) is 2. The molecule has 1 aliphatic heterocycles. The number of hydrogen-bond donors (Lipinski definition) is 2. The lowest BCUT2D eigenvalue weighted by Crippen LogP contribution is -2.44. The summed E-state index contributed by atoms with van der Waals surface area (Å²) in [6.07, 6.45) is -16.8. The summed E-state index contributed by atoms with van der Waals surface area (Å²) in [5.41, 5.74) is -5.50. The Balaban J connectivity index is 1.77. The van der Waals surface area contributed by atoms with E-state index in [1.807, 2.05) is 0 Å². The van der Waals surface area contributed by atoms with Crippen molar-refractivity contribution in [3.8, 4) is 0 Å². The van der Waals surface area contributed by atoms with Crippen LogP contribution in [0.5, 0.6) is 0 Å². The van der Waals surface area contributed by atoms with Gasteiger partial charge < -0.3 is 15.5 Å². The van der Waals surface area contributed by atoms with Gasteiger partial charge in [0.1, 0.15) is 13.0 Å². The van der Waals surface area contributed by atoms with E-state index in [4.69, 9.17) is 4.84 Å². The van der Waals surface area contributed by atoms with E-state index < -0.39 is 66.7 Å². The number of oxime groups is 1. The maximum absolute atomic E-state index is 14.1. The van der Waals surface area contributed by atoms with E-state index in [1.54, 1.807) is 0 Å². The zero-order chi connectivity index (χ0) is 28.7. The average Bonchev–Trinajstić information content (AvgIpc) is 3.38. The average molecular weight is 559 g/mol. The van der Waals surface area contributed by atoms with Crippen molar-refractivity contribution in [1.29, 1.82) is 0 Å². The van der Waals surface area contributed by atoms with Gasteiger partial charge in [-0.25, -0.2) is 0 Å². The first kappa shape index (κ1) is 28.8. The van der Waals surface area contributed by atoms with Gasteiger partial charge in [-0.05, 0) is 36.2 Å². The maximum atomic E-state index is 14.1. The van der Waals surface area contributed by atoms with Crippen LogP contribution < -0.4 is 10.6 Å². The van der Waals surface area contributed by atoms with Crippen LogP contribution in [0.1, 0.15) is 35.4 Å². The highest BCUT2D eigenvalue weighted by Crippen LogP contribution is 2.49. The van der Waals surface area contributed by atoms with Gasteiger partial charge in [0.05, 0.1) is 17.8 Å². The van der Waals surface area contributed by atoms with Crippen LogP contribution in [0, 0.1) is 6.92 Å². The van der Waals surface area contributed by atoms with Crippen molar-refractivity contribution in [3.63, 3.8) is 0 Å². The molecule has 208 valence electrons. The van der Waals surface area contributed by atoms with Crippen molar-refractivity contribution in [2.24, 2.45) is 12.2 Å². The van der Waals surface area contributed by atoms with E-state index in [0.29, 0.717) is 4.68 Å². The molecule has 2 N–H and O–H groups in total. The fourth-order valence-corrected chi connectivity index (χ4v) is 3.59. The fraction of sp³-hybridized carbons (Fsp3) is 0.429. The quantitative estimate of drug-likeness (QED) is 0.407. The number of aromatic nitrogens is 2. The van der Waals surface area contributed by atoms with Crippen molar-refractivity contribution in [3.05, 3.63) is 46.8 Å². The van der Waals surface area contributed by atoms with Crippen LogP contribution in [0.15, 0.2) is 29.4 Å². The molecule has 3 rings (SSSR count). The van der Waals surface area contributed by atoms with Crippen LogP contribution in [-0.4, -0.2) is 46.2 Å². The molecule has 0 radical (unpaired) electrons. The Morgan fingerprint density at radius 3 is 2.24 bits per heavy atom. The molecule has 2 heterocycles. The lowest BCUT2D eigenvalue weighted by atomic mass is 9.89. The first-order chi connectivity index (χ1) is 17.3. The second kappa shape index (κ2) is 9.83. The number of carbonyl (C=O) groups excluding carboxylic acids is 2. The third-order valence-corrected chi connectivity index (χ3v) is 5.41. The summed E-state index contributed by atoms with van der Waals surface area (Å²) in [7, 11) is 0.907. The predicted molar refractivity (Wildman–Crippen MR) is 112 cm³/mol. The molecule has 1 aromatic heterocycles. The minimum Gasteiger partial charge on any atom is -0.372 e. The van der Waals surface area contributed by atoms with Gasteiger partial charge in [-0.3, -0.25) is 14.3 Å². The summed E-state index contributed by atoms with van der Waals surface area (Å²) in [5.74, 6) is -2.13. The Kier molecular flexibility index (Phi) is 7.44. The van der Waals surface area contributed by atoms with E-state index in [0.717, 1.165) is 7.05 Å². The molecule has 1 atom stereocenters. The molecule has 0 fully saturated rings. The standard InChI is InChI=1S/C21H18F9N5O3/c1-10-5-11(3-4-12(10)32-17(37)7-16(36)31-9-19(22,23)24)13-8-18(38-34-13,21(28,29)30)15-6-14(20(25,26)27)33-35(15)2/h3-6H,7-9H2,1-2H3,(H,31,36)(H,32,37). The molecule has 1 unspecified atom stereocenters. The van der Waals surface area contributed by atoms with Gasteiger partial charge in [0.2, 0.25) is 11.8 Å². The van der Waals surface area contributed by atoms with Gasteiger partial charge in [0.15, 0.2) is 5.69 Å². The second-order valence-corrected chi connectivity index (χ2v) is 8.31. The van der Waals surface area contributed by atoms with Crippen molar-refractivity contribution in [1.82, 2.24) is 15.1 Å². The molecule has 2 amide bonds. The van der Waals surface area contributed by atoms with Crippen LogP contribution in [0.3, 0.4) is 0 Å². The lowest BCUT2D eigenvalue weighted by molar-refractivity contribution is -0.278. The summed E-state index contributed by atoms with van der Waals surface area (Å²) in [5, 5.41) is 10.4. The highest BCUT2D eigenvalue weighted by Gasteiger charge is 2.64. The van der Waals surface area contributed by atoms with Gasteiger partial charge in [-0.2, -0.15) is 44.6 Å². The molecule has 0 saturated heterocycles. The number of anilines is 1. The maximum Gasteiger partial charge on any atom is 0.437 e. The van der Waals surface area contributed by atoms with Crippen molar-refractivity contribution in [2.45, 2.75) is 43.9 Å². The molecule has 38 heavy (non-hydrogen) atoms. The number of alkyl halides is 9. The Hall–Kier alpha value is -3.79. The smallest absolute Gasteiger partial charge is 0.372 e. The van der Waals surface area contributed by atoms with Crippen LogP contribution in [-0.2, 0) is 33.3 Å². The molecule has 2 aromatic rings. The Morgan fingerprint density at radius 1 is 1.05 bits per heavy atom. The van der Waals surface area contributed by atoms with Crippen molar-refractivity contribution in [2.75, 3.05) is 11.9 Å². The summed E-state index contributed by atoms with van der Waals surface area (Å²) in [6, 6.07) is 4.03. The molecular formula is C21H18F9N5O3. The molecule has 1 aliphatic rings. The zero-order valence-electron chi connectivity index (χ0n) is 19.4. The Bertz CT molecular complexity index is 1260. The van der Waals surface area contributed by atoms with E-state index in [2.05, 4.69) is 15.6 Å². The van der Waals surface area contributed by atoms with Crippen LogP contribution in [0.2, 0.25) is 0 Å². The number of benzene rings is 1. The van der Waals surface area contributed by atoms with E-state index in [1.165, 1.54) is 30.4 Å². The summed E-state index contributed by atoms with van der Waals surface area (Å²) in [6.45, 7) is -0.181. The molecule has 0 bridgehead atoms. The molecule has 0 aliphatic carbocycles. The second-order valence-electron chi connectivity index (χ2n) is 8.31. The number of rotatable bonds is 6. The third-order valence-electron chi connectivity index (χ3n) is 5.41.